The number of benzene rings is 2. The van der Waals surface area contributed by atoms with Gasteiger partial charge < -0.3 is 14.2 Å². The molecular formula is C24H28Cl3FO4. The standard InChI is InChI=1S/C24H28Cl3FO4/c1-15(12-28)13-30-19-7-5-17(6-8-19)24(3,4)18-9-21(26)23(22(27)10-18)31-14-20(11-25)32-16(2)29/h5-10,15,20H,11-14H2,1-4H3/t15-,20-/m0/s1. The Morgan fingerprint density at radius 1 is 1.03 bits per heavy atom. The van der Waals surface area contributed by atoms with Crippen LogP contribution >= 0.6 is 34.8 Å². The molecule has 0 aromatic heterocycles. The second kappa shape index (κ2) is 12.0. The lowest BCUT2D eigenvalue weighted by Gasteiger charge is -2.27. The Morgan fingerprint density at radius 3 is 2.12 bits per heavy atom. The molecule has 0 aliphatic heterocycles. The molecule has 0 fully saturated rings. The van der Waals surface area contributed by atoms with Crippen LogP contribution in [0.2, 0.25) is 10.0 Å². The van der Waals surface area contributed by atoms with Crippen LogP contribution in [0.4, 0.5) is 4.39 Å². The van der Waals surface area contributed by atoms with Crippen molar-refractivity contribution in [1.29, 1.82) is 0 Å². The maximum Gasteiger partial charge on any atom is 0.303 e. The number of alkyl halides is 2. The minimum absolute atomic E-state index is 0.0355. The molecule has 0 N–H and O–H groups in total. The van der Waals surface area contributed by atoms with Crippen LogP contribution in [0.25, 0.3) is 0 Å². The minimum Gasteiger partial charge on any atom is -0.493 e. The maximum absolute atomic E-state index is 12.6. The molecule has 2 aromatic rings. The second-order valence-electron chi connectivity index (χ2n) is 8.19. The van der Waals surface area contributed by atoms with Crippen LogP contribution in [0.15, 0.2) is 36.4 Å². The third-order valence-corrected chi connectivity index (χ3v) is 5.92. The van der Waals surface area contributed by atoms with Gasteiger partial charge in [-0.05, 0) is 35.4 Å². The first-order valence-electron chi connectivity index (χ1n) is 10.2. The maximum atomic E-state index is 12.6. The van der Waals surface area contributed by atoms with Crippen LogP contribution in [0.5, 0.6) is 11.5 Å². The Hall–Kier alpha value is -1.69. The number of hydrogen-bond acceptors (Lipinski definition) is 4. The van der Waals surface area contributed by atoms with Gasteiger partial charge in [0.25, 0.3) is 0 Å². The average Bonchev–Trinajstić information content (AvgIpc) is 2.75. The third kappa shape index (κ3) is 7.16. The van der Waals surface area contributed by atoms with Gasteiger partial charge in [0.15, 0.2) is 5.75 Å². The SMILES string of the molecule is CC(=O)O[C@@H](CCl)COc1c(Cl)cc(C(C)(C)c2ccc(OC[C@@H](C)CF)cc2)cc1Cl. The van der Waals surface area contributed by atoms with E-state index in [0.29, 0.717) is 28.2 Å². The van der Waals surface area contributed by atoms with Crippen molar-refractivity contribution in [2.24, 2.45) is 5.92 Å². The fourth-order valence-electron chi connectivity index (χ4n) is 3.00. The number of ether oxygens (including phenoxy) is 3. The predicted octanol–water partition coefficient (Wildman–Crippen LogP) is 6.85. The molecule has 0 aliphatic carbocycles. The number of halogens is 4. The molecule has 2 aromatic carbocycles. The van der Waals surface area contributed by atoms with Crippen molar-refractivity contribution < 1.29 is 23.4 Å². The van der Waals surface area contributed by atoms with Crippen LogP contribution in [0, 0.1) is 5.92 Å². The van der Waals surface area contributed by atoms with Crippen molar-refractivity contribution in [2.45, 2.75) is 39.2 Å². The molecule has 0 bridgehead atoms. The number of carbonyl (C=O) groups excluding carboxylic acids is 1. The van der Waals surface area contributed by atoms with Crippen molar-refractivity contribution in [3.8, 4) is 11.5 Å². The number of rotatable bonds is 11. The largest absolute Gasteiger partial charge is 0.493 e. The zero-order chi connectivity index (χ0) is 23.9. The van der Waals surface area contributed by atoms with Gasteiger partial charge >= 0.3 is 5.97 Å². The van der Waals surface area contributed by atoms with Crippen molar-refractivity contribution in [3.63, 3.8) is 0 Å². The molecule has 176 valence electrons. The van der Waals surface area contributed by atoms with Gasteiger partial charge in [0, 0.05) is 18.3 Å². The molecule has 0 saturated heterocycles. The summed E-state index contributed by atoms with van der Waals surface area (Å²) in [6, 6.07) is 11.3. The van der Waals surface area contributed by atoms with E-state index in [1.54, 1.807) is 19.1 Å². The lowest BCUT2D eigenvalue weighted by Crippen LogP contribution is -2.26. The number of carbonyl (C=O) groups is 1. The molecule has 4 nitrogen and oxygen atoms in total. The molecule has 0 amide bonds. The Bertz CT molecular complexity index is 880. The Kier molecular flexibility index (Phi) is 9.93. The molecule has 0 saturated carbocycles. The van der Waals surface area contributed by atoms with E-state index in [-0.39, 0.29) is 18.4 Å². The summed E-state index contributed by atoms with van der Waals surface area (Å²) in [6.45, 7) is 7.16. The first kappa shape index (κ1) is 26.6. The number of hydrogen-bond donors (Lipinski definition) is 0. The van der Waals surface area contributed by atoms with Crippen LogP contribution in [-0.4, -0.2) is 37.8 Å². The van der Waals surface area contributed by atoms with E-state index in [0.717, 1.165) is 11.1 Å². The van der Waals surface area contributed by atoms with E-state index in [4.69, 9.17) is 49.0 Å². The van der Waals surface area contributed by atoms with Crippen LogP contribution in [-0.2, 0) is 14.9 Å². The normalized spacial score (nSPS) is 13.4. The van der Waals surface area contributed by atoms with Crippen molar-refractivity contribution in [1.82, 2.24) is 0 Å². The highest BCUT2D eigenvalue weighted by Crippen LogP contribution is 2.40. The fraction of sp³-hybridized carbons (Fsp3) is 0.458. The van der Waals surface area contributed by atoms with Crippen molar-refractivity contribution in [3.05, 3.63) is 57.6 Å². The molecule has 0 radical (unpaired) electrons. The summed E-state index contributed by atoms with van der Waals surface area (Å²) in [4.78, 5) is 11.1. The minimum atomic E-state index is -0.606. The van der Waals surface area contributed by atoms with Gasteiger partial charge in [0.1, 0.15) is 18.5 Å². The molecule has 2 atom stereocenters. The smallest absolute Gasteiger partial charge is 0.303 e. The zero-order valence-electron chi connectivity index (χ0n) is 18.6. The highest BCUT2D eigenvalue weighted by atomic mass is 35.5. The van der Waals surface area contributed by atoms with Gasteiger partial charge in [-0.15, -0.1) is 11.6 Å². The Balaban J connectivity index is 2.17. The van der Waals surface area contributed by atoms with Crippen LogP contribution in [0.3, 0.4) is 0 Å². The van der Waals surface area contributed by atoms with E-state index in [1.165, 1.54) is 6.92 Å². The van der Waals surface area contributed by atoms with Gasteiger partial charge in [-0.3, -0.25) is 9.18 Å². The van der Waals surface area contributed by atoms with Gasteiger partial charge in [-0.1, -0.05) is 56.1 Å². The van der Waals surface area contributed by atoms with E-state index in [1.807, 2.05) is 24.3 Å². The zero-order valence-corrected chi connectivity index (χ0v) is 20.9. The van der Waals surface area contributed by atoms with E-state index in [9.17, 15) is 9.18 Å². The lowest BCUT2D eigenvalue weighted by atomic mass is 9.78. The van der Waals surface area contributed by atoms with E-state index in [2.05, 4.69) is 13.8 Å². The quantitative estimate of drug-likeness (QED) is 0.247. The van der Waals surface area contributed by atoms with Crippen LogP contribution in [0.1, 0.15) is 38.8 Å². The highest BCUT2D eigenvalue weighted by molar-refractivity contribution is 6.37. The van der Waals surface area contributed by atoms with E-state index >= 15 is 0 Å². The third-order valence-electron chi connectivity index (χ3n) is 5.01. The van der Waals surface area contributed by atoms with Gasteiger partial charge in [-0.25, -0.2) is 0 Å². The van der Waals surface area contributed by atoms with Gasteiger partial charge in [-0.2, -0.15) is 0 Å². The highest BCUT2D eigenvalue weighted by Gasteiger charge is 2.26. The molecule has 0 aliphatic rings. The summed E-state index contributed by atoms with van der Waals surface area (Å²) in [5.41, 5.74) is 1.52. The molecule has 2 rings (SSSR count). The Morgan fingerprint density at radius 2 is 1.62 bits per heavy atom. The van der Waals surface area contributed by atoms with E-state index < -0.39 is 24.2 Å². The van der Waals surface area contributed by atoms with Crippen molar-refractivity contribution in [2.75, 3.05) is 25.8 Å². The summed E-state index contributed by atoms with van der Waals surface area (Å²) < 4.78 is 29.0. The molecule has 0 spiro atoms. The fourth-order valence-corrected chi connectivity index (χ4v) is 3.75. The van der Waals surface area contributed by atoms with Gasteiger partial charge in [0.05, 0.1) is 29.2 Å². The predicted molar refractivity (Wildman–Crippen MR) is 127 cm³/mol. The second-order valence-corrected chi connectivity index (χ2v) is 9.31. The molecule has 8 heteroatoms. The summed E-state index contributed by atoms with van der Waals surface area (Å²) in [5, 5.41) is 0.689. The van der Waals surface area contributed by atoms with Gasteiger partial charge in [0.2, 0.25) is 0 Å². The van der Waals surface area contributed by atoms with Crippen molar-refractivity contribution >= 4 is 40.8 Å². The molecule has 32 heavy (non-hydrogen) atoms. The number of esters is 1. The summed E-state index contributed by atoms with van der Waals surface area (Å²) in [6.07, 6.45) is -0.606. The lowest BCUT2D eigenvalue weighted by molar-refractivity contribution is -0.146. The monoisotopic (exact) mass is 504 g/mol. The topological polar surface area (TPSA) is 44.8 Å². The molecule has 0 unspecified atom stereocenters. The summed E-state index contributed by atoms with van der Waals surface area (Å²) in [7, 11) is 0. The summed E-state index contributed by atoms with van der Waals surface area (Å²) in [5.74, 6) is 0.491. The first-order chi connectivity index (χ1) is 15.1. The van der Waals surface area contributed by atoms with Crippen LogP contribution < -0.4 is 9.47 Å². The molecule has 0 heterocycles. The average molecular weight is 506 g/mol. The molecular weight excluding hydrogens is 478 g/mol. The first-order valence-corrected chi connectivity index (χ1v) is 11.5. The Labute approximate surface area is 203 Å². The summed E-state index contributed by atoms with van der Waals surface area (Å²) >= 11 is 18.8.